The largest absolute Gasteiger partial charge is 0.504 e. The molecule has 0 aliphatic carbocycles. The molecule has 0 aliphatic heterocycles. The molecule has 2 aromatic heterocycles. The number of para-hydroxylation sites is 1. The summed E-state index contributed by atoms with van der Waals surface area (Å²) in [5.74, 6) is -1.12. The second-order valence-corrected chi connectivity index (χ2v) is 6.89. The van der Waals surface area contributed by atoms with Crippen molar-refractivity contribution in [2.75, 3.05) is 12.4 Å². The average molecular weight is 445 g/mol. The van der Waals surface area contributed by atoms with Gasteiger partial charge in [0.15, 0.2) is 11.5 Å². The Hall–Kier alpha value is -4.33. The van der Waals surface area contributed by atoms with E-state index in [0.29, 0.717) is 5.56 Å². The van der Waals surface area contributed by atoms with E-state index in [4.69, 9.17) is 4.74 Å². The Kier molecular flexibility index (Phi) is 6.51. The number of phenolic OH excluding ortho intramolecular Hbond substituents is 1. The van der Waals surface area contributed by atoms with Crippen molar-refractivity contribution in [1.82, 2.24) is 25.6 Å². The molecule has 3 rings (SSSR count). The minimum Gasteiger partial charge on any atom is -0.504 e. The van der Waals surface area contributed by atoms with E-state index in [2.05, 4.69) is 31.0 Å². The van der Waals surface area contributed by atoms with E-state index >= 15 is 0 Å². The summed E-state index contributed by atoms with van der Waals surface area (Å²) in [5, 5.41) is 24.0. The summed E-state index contributed by atoms with van der Waals surface area (Å²) in [4.78, 5) is 50.7. The molecule has 0 fully saturated rings. The third-order valence-corrected chi connectivity index (χ3v) is 4.49. The number of rotatable bonds is 7. The van der Waals surface area contributed by atoms with Crippen molar-refractivity contribution in [2.45, 2.75) is 6.42 Å². The number of H-pyrrole nitrogens is 2. The number of phenols is 1. The van der Waals surface area contributed by atoms with Gasteiger partial charge >= 0.3 is 5.69 Å². The number of anilines is 1. The summed E-state index contributed by atoms with van der Waals surface area (Å²) in [6, 6.07) is 5.73. The lowest BCUT2D eigenvalue weighted by Gasteiger charge is -2.04. The number of carbonyl (C=O) groups excluding carboxylic acids is 2. The van der Waals surface area contributed by atoms with Crippen LogP contribution in [0.25, 0.3) is 0 Å². The molecule has 0 saturated carbocycles. The Bertz CT molecular complexity index is 1230. The second kappa shape index (κ2) is 9.45. The quantitative estimate of drug-likeness (QED) is 0.239. The first kappa shape index (κ1) is 21.4. The zero-order valence-electron chi connectivity index (χ0n) is 15.8. The molecule has 3 aromatic rings. The highest BCUT2D eigenvalue weighted by Crippen LogP contribution is 2.27. The van der Waals surface area contributed by atoms with Crippen LogP contribution >= 0.6 is 11.3 Å². The number of carbonyl (C=O) groups is 2. The number of benzene rings is 1. The maximum atomic E-state index is 12.1. The van der Waals surface area contributed by atoms with Crippen LogP contribution in [-0.4, -0.2) is 50.4 Å². The van der Waals surface area contributed by atoms with Crippen LogP contribution < -0.4 is 26.7 Å². The molecule has 2 heterocycles. The third-order valence-electron chi connectivity index (χ3n) is 3.65. The monoisotopic (exact) mass is 445 g/mol. The van der Waals surface area contributed by atoms with Crippen LogP contribution in [0.15, 0.2) is 39.0 Å². The van der Waals surface area contributed by atoms with E-state index in [9.17, 15) is 24.3 Å². The van der Waals surface area contributed by atoms with Gasteiger partial charge in [-0.25, -0.2) is 10.2 Å². The van der Waals surface area contributed by atoms with Gasteiger partial charge in [0.25, 0.3) is 11.5 Å². The minimum absolute atomic E-state index is 0.0683. The van der Waals surface area contributed by atoms with Crippen molar-refractivity contribution in [2.24, 2.45) is 5.10 Å². The highest BCUT2D eigenvalue weighted by molar-refractivity contribution is 7.15. The van der Waals surface area contributed by atoms with Gasteiger partial charge in [-0.05, 0) is 12.1 Å². The smallest absolute Gasteiger partial charge is 0.326 e. The molecule has 0 radical (unpaired) electrons. The summed E-state index contributed by atoms with van der Waals surface area (Å²) in [6.45, 7) is 0. The molecule has 0 bridgehead atoms. The van der Waals surface area contributed by atoms with Crippen LogP contribution in [0.5, 0.6) is 11.5 Å². The Labute approximate surface area is 176 Å². The van der Waals surface area contributed by atoms with E-state index in [0.717, 1.165) is 17.4 Å². The molecule has 2 amide bonds. The number of aromatic hydroxyl groups is 1. The zero-order valence-corrected chi connectivity index (χ0v) is 16.6. The van der Waals surface area contributed by atoms with Crippen molar-refractivity contribution in [3.8, 4) is 11.5 Å². The fourth-order valence-corrected chi connectivity index (χ4v) is 3.02. The SMILES string of the molecule is COc1cccc(/C=N/NC(=O)Cc2nnc(NC(=O)c3cc(=O)[nH]c(=O)[nH]3)s2)c1O. The van der Waals surface area contributed by atoms with Gasteiger partial charge in [-0.3, -0.25) is 24.7 Å². The Balaban J connectivity index is 1.57. The number of methoxy groups -OCH3 is 1. The fraction of sp³-hybridized carbons (Fsp3) is 0.118. The van der Waals surface area contributed by atoms with Crippen molar-refractivity contribution in [1.29, 1.82) is 0 Å². The van der Waals surface area contributed by atoms with Crippen LogP contribution in [0.3, 0.4) is 0 Å². The highest BCUT2D eigenvalue weighted by Gasteiger charge is 2.14. The van der Waals surface area contributed by atoms with Crippen LogP contribution in [0.4, 0.5) is 5.13 Å². The van der Waals surface area contributed by atoms with E-state index < -0.39 is 23.1 Å². The molecule has 0 aliphatic rings. The molecule has 31 heavy (non-hydrogen) atoms. The van der Waals surface area contributed by atoms with E-state index in [1.165, 1.54) is 13.3 Å². The average Bonchev–Trinajstić information content (AvgIpc) is 3.15. The molecule has 5 N–H and O–H groups in total. The van der Waals surface area contributed by atoms with Gasteiger partial charge in [-0.15, -0.1) is 10.2 Å². The molecule has 14 heteroatoms. The zero-order chi connectivity index (χ0) is 22.4. The molecule has 0 saturated heterocycles. The lowest BCUT2D eigenvalue weighted by atomic mass is 10.2. The molecule has 1 aromatic carbocycles. The van der Waals surface area contributed by atoms with Gasteiger partial charge in [0.2, 0.25) is 11.0 Å². The van der Waals surface area contributed by atoms with E-state index in [1.807, 2.05) is 4.98 Å². The highest BCUT2D eigenvalue weighted by atomic mass is 32.1. The normalized spacial score (nSPS) is 10.7. The van der Waals surface area contributed by atoms with Crippen molar-refractivity contribution >= 4 is 34.5 Å². The maximum Gasteiger partial charge on any atom is 0.326 e. The molecule has 0 unspecified atom stereocenters. The summed E-state index contributed by atoms with van der Waals surface area (Å²) < 4.78 is 4.98. The minimum atomic E-state index is -0.824. The number of aromatic amines is 2. The number of hydrazone groups is 1. The first-order chi connectivity index (χ1) is 14.9. The molecular weight excluding hydrogens is 430 g/mol. The van der Waals surface area contributed by atoms with Gasteiger partial charge in [-0.2, -0.15) is 5.10 Å². The molecule has 0 atom stereocenters. The number of aromatic nitrogens is 4. The number of hydrogen-bond acceptors (Lipinski definition) is 10. The summed E-state index contributed by atoms with van der Waals surface area (Å²) in [6.07, 6.45) is 1.08. The molecule has 160 valence electrons. The van der Waals surface area contributed by atoms with Crippen molar-refractivity contribution in [3.05, 3.63) is 61.4 Å². The van der Waals surface area contributed by atoms with Crippen LogP contribution in [0.1, 0.15) is 21.1 Å². The lowest BCUT2D eigenvalue weighted by Crippen LogP contribution is -2.27. The maximum absolute atomic E-state index is 12.1. The first-order valence-electron chi connectivity index (χ1n) is 8.51. The van der Waals surface area contributed by atoms with Gasteiger partial charge in [0.1, 0.15) is 10.7 Å². The summed E-state index contributed by atoms with van der Waals surface area (Å²) in [5.41, 5.74) is 0.825. The second-order valence-electron chi connectivity index (χ2n) is 5.82. The lowest BCUT2D eigenvalue weighted by molar-refractivity contribution is -0.120. The number of nitrogens with zero attached hydrogens (tertiary/aromatic N) is 3. The van der Waals surface area contributed by atoms with Crippen molar-refractivity contribution < 1.29 is 19.4 Å². The topological polar surface area (TPSA) is 192 Å². The molecule has 0 spiro atoms. The Morgan fingerprint density at radius 2 is 2.10 bits per heavy atom. The standard InChI is InChI=1S/C17H15N7O6S/c1-30-10-4-2-3-8(14(10)27)7-18-22-12(26)6-13-23-24-17(31-13)21-15(28)9-5-11(25)20-16(29)19-9/h2-5,7,27H,6H2,1H3,(H,22,26)(H,21,24,28)(H2,19,20,25,29)/b18-7+. The Morgan fingerprint density at radius 1 is 1.29 bits per heavy atom. The van der Waals surface area contributed by atoms with E-state index in [1.54, 1.807) is 18.2 Å². The van der Waals surface area contributed by atoms with E-state index in [-0.39, 0.29) is 33.8 Å². The van der Waals surface area contributed by atoms with Gasteiger partial charge < -0.3 is 14.8 Å². The molecule has 13 nitrogen and oxygen atoms in total. The predicted molar refractivity (Wildman–Crippen MR) is 110 cm³/mol. The van der Waals surface area contributed by atoms with Gasteiger partial charge in [0, 0.05) is 11.6 Å². The number of ether oxygens (including phenoxy) is 1. The fourth-order valence-electron chi connectivity index (χ4n) is 2.29. The van der Waals surface area contributed by atoms with Gasteiger partial charge in [-0.1, -0.05) is 17.4 Å². The summed E-state index contributed by atoms with van der Waals surface area (Å²) >= 11 is 0.928. The summed E-state index contributed by atoms with van der Waals surface area (Å²) in [7, 11) is 1.41. The first-order valence-corrected chi connectivity index (χ1v) is 9.32. The predicted octanol–water partition coefficient (Wildman–Crippen LogP) is -0.426. The van der Waals surface area contributed by atoms with Crippen LogP contribution in [0, 0.1) is 0 Å². The number of nitrogens with one attached hydrogen (secondary N) is 4. The number of hydrogen-bond donors (Lipinski definition) is 5. The van der Waals surface area contributed by atoms with Gasteiger partial charge in [0.05, 0.1) is 19.7 Å². The third kappa shape index (κ3) is 5.60. The van der Waals surface area contributed by atoms with Crippen molar-refractivity contribution in [3.63, 3.8) is 0 Å². The Morgan fingerprint density at radius 3 is 2.84 bits per heavy atom. The van der Waals surface area contributed by atoms with Crippen LogP contribution in [0.2, 0.25) is 0 Å². The molecular formula is C17H15N7O6S. The van der Waals surface area contributed by atoms with Crippen LogP contribution in [-0.2, 0) is 11.2 Å². The number of amides is 2.